The molecule has 2 heteroatoms. The van der Waals surface area contributed by atoms with Gasteiger partial charge in [-0.15, -0.1) is 6.42 Å². The fourth-order valence-corrected chi connectivity index (χ4v) is 0.476. The Balaban J connectivity index is 3.76. The Morgan fingerprint density at radius 3 is 2.11 bits per heavy atom. The number of hydrogen-bond acceptors (Lipinski definition) is 2. The number of aliphatic hydroxyl groups excluding tert-OH is 1. The summed E-state index contributed by atoms with van der Waals surface area (Å²) in [4.78, 5) is 0. The lowest BCUT2D eigenvalue weighted by atomic mass is 10.0. The van der Waals surface area contributed by atoms with Crippen LogP contribution in [0.1, 0.15) is 13.8 Å². The molecular weight excluding hydrogens is 114 g/mol. The summed E-state index contributed by atoms with van der Waals surface area (Å²) < 4.78 is 0. The lowest BCUT2D eigenvalue weighted by Crippen LogP contribution is -2.38. The monoisotopic (exact) mass is 127 g/mol. The highest BCUT2D eigenvalue weighted by Crippen LogP contribution is 2.01. The largest absolute Gasteiger partial charge is 0.379 e. The molecule has 0 aromatic rings. The van der Waals surface area contributed by atoms with Gasteiger partial charge in [0.05, 0.1) is 0 Å². The van der Waals surface area contributed by atoms with E-state index in [1.165, 1.54) is 0 Å². The van der Waals surface area contributed by atoms with E-state index in [2.05, 4.69) is 5.92 Å². The maximum Gasteiger partial charge on any atom is 0.129 e. The number of aliphatic hydroxyl groups is 1. The fraction of sp³-hybridized carbons (Fsp3) is 0.714. The van der Waals surface area contributed by atoms with Crippen molar-refractivity contribution >= 4 is 0 Å². The summed E-state index contributed by atoms with van der Waals surface area (Å²) in [5, 5.41) is 8.94. The first-order valence-corrected chi connectivity index (χ1v) is 2.99. The second-order valence-corrected chi connectivity index (χ2v) is 2.43. The molecule has 52 valence electrons. The van der Waals surface area contributed by atoms with Crippen molar-refractivity contribution in [3.63, 3.8) is 0 Å². The summed E-state index contributed by atoms with van der Waals surface area (Å²) in [6, 6.07) is -0.296. The van der Waals surface area contributed by atoms with Crippen LogP contribution in [0.15, 0.2) is 0 Å². The van der Waals surface area contributed by atoms with Crippen molar-refractivity contribution < 1.29 is 5.11 Å². The summed E-state index contributed by atoms with van der Waals surface area (Å²) in [7, 11) is 0. The van der Waals surface area contributed by atoms with Crippen molar-refractivity contribution in [2.24, 2.45) is 11.7 Å². The summed E-state index contributed by atoms with van der Waals surface area (Å²) in [6.45, 7) is 3.84. The van der Waals surface area contributed by atoms with Crippen LogP contribution >= 0.6 is 0 Å². The van der Waals surface area contributed by atoms with Crippen LogP contribution in [0.2, 0.25) is 0 Å². The molecule has 0 bridgehead atoms. The molecule has 0 unspecified atom stereocenters. The van der Waals surface area contributed by atoms with E-state index < -0.39 is 6.10 Å². The van der Waals surface area contributed by atoms with Gasteiger partial charge in [-0.2, -0.15) is 0 Å². The number of nitrogens with two attached hydrogens (primary N) is 1. The van der Waals surface area contributed by atoms with Crippen LogP contribution in [-0.4, -0.2) is 17.3 Å². The van der Waals surface area contributed by atoms with Crippen molar-refractivity contribution in [3.05, 3.63) is 0 Å². The molecule has 0 fully saturated rings. The van der Waals surface area contributed by atoms with Gasteiger partial charge in [-0.1, -0.05) is 19.8 Å². The van der Waals surface area contributed by atoms with E-state index in [1.807, 2.05) is 13.8 Å². The molecule has 0 spiro atoms. The van der Waals surface area contributed by atoms with Crippen molar-refractivity contribution in [2.75, 3.05) is 0 Å². The first kappa shape index (κ1) is 8.48. The lowest BCUT2D eigenvalue weighted by Gasteiger charge is -2.16. The zero-order valence-electron chi connectivity index (χ0n) is 5.83. The predicted octanol–water partition coefficient (Wildman–Crippen LogP) is -0.0362. The third-order valence-corrected chi connectivity index (χ3v) is 1.31. The van der Waals surface area contributed by atoms with Gasteiger partial charge in [-0.05, 0) is 5.92 Å². The van der Waals surface area contributed by atoms with Crippen LogP contribution in [0, 0.1) is 18.3 Å². The van der Waals surface area contributed by atoms with E-state index in [4.69, 9.17) is 17.3 Å². The van der Waals surface area contributed by atoms with E-state index in [1.54, 1.807) is 0 Å². The molecule has 0 amide bonds. The Bertz CT molecular complexity index is 115. The highest BCUT2D eigenvalue weighted by molar-refractivity contribution is 4.99. The van der Waals surface area contributed by atoms with Gasteiger partial charge in [0.2, 0.25) is 0 Å². The van der Waals surface area contributed by atoms with Crippen LogP contribution < -0.4 is 5.73 Å². The predicted molar refractivity (Wildman–Crippen MR) is 37.7 cm³/mol. The van der Waals surface area contributed by atoms with Crippen molar-refractivity contribution in [3.8, 4) is 12.3 Å². The molecule has 0 aliphatic carbocycles. The fourth-order valence-electron chi connectivity index (χ4n) is 0.476. The highest BCUT2D eigenvalue weighted by Gasteiger charge is 2.14. The molecule has 0 saturated heterocycles. The van der Waals surface area contributed by atoms with Crippen molar-refractivity contribution in [1.82, 2.24) is 0 Å². The Hall–Kier alpha value is -0.520. The van der Waals surface area contributed by atoms with Gasteiger partial charge in [0.15, 0.2) is 0 Å². The average Bonchev–Trinajstić information content (AvgIpc) is 1.84. The molecule has 0 radical (unpaired) electrons. The zero-order valence-corrected chi connectivity index (χ0v) is 5.83. The van der Waals surface area contributed by atoms with Gasteiger partial charge in [0, 0.05) is 6.04 Å². The summed E-state index contributed by atoms with van der Waals surface area (Å²) in [6.07, 6.45) is 4.13. The Morgan fingerprint density at radius 2 is 2.00 bits per heavy atom. The van der Waals surface area contributed by atoms with Crippen molar-refractivity contribution in [2.45, 2.75) is 26.0 Å². The minimum atomic E-state index is -0.801. The molecule has 2 atom stereocenters. The molecule has 0 heterocycles. The number of terminal acetylenes is 1. The smallest absolute Gasteiger partial charge is 0.129 e. The second kappa shape index (κ2) is 3.49. The molecule has 0 aliphatic heterocycles. The quantitative estimate of drug-likeness (QED) is 0.511. The Morgan fingerprint density at radius 1 is 1.56 bits per heavy atom. The second-order valence-electron chi connectivity index (χ2n) is 2.43. The van der Waals surface area contributed by atoms with Gasteiger partial charge < -0.3 is 10.8 Å². The molecule has 2 nitrogen and oxygen atoms in total. The molecule has 0 saturated carbocycles. The van der Waals surface area contributed by atoms with Crippen LogP contribution in [0.5, 0.6) is 0 Å². The maximum absolute atomic E-state index is 8.94. The molecular formula is C7H13NO. The topological polar surface area (TPSA) is 46.2 Å². The Labute approximate surface area is 56.1 Å². The van der Waals surface area contributed by atoms with Gasteiger partial charge in [0.25, 0.3) is 0 Å². The van der Waals surface area contributed by atoms with Crippen LogP contribution in [0.3, 0.4) is 0 Å². The maximum atomic E-state index is 8.94. The molecule has 0 aromatic carbocycles. The highest BCUT2D eigenvalue weighted by atomic mass is 16.3. The van der Waals surface area contributed by atoms with Crippen LogP contribution in [-0.2, 0) is 0 Å². The molecule has 3 N–H and O–H groups in total. The van der Waals surface area contributed by atoms with Gasteiger partial charge in [-0.3, -0.25) is 0 Å². The summed E-state index contributed by atoms with van der Waals surface area (Å²) in [5.41, 5.74) is 5.48. The first-order chi connectivity index (χ1) is 4.09. The van der Waals surface area contributed by atoms with Gasteiger partial charge in [-0.25, -0.2) is 0 Å². The van der Waals surface area contributed by atoms with E-state index in [-0.39, 0.29) is 12.0 Å². The molecule has 0 aromatic heterocycles. The molecule has 9 heavy (non-hydrogen) atoms. The van der Waals surface area contributed by atoms with Gasteiger partial charge >= 0.3 is 0 Å². The minimum Gasteiger partial charge on any atom is -0.379 e. The third kappa shape index (κ3) is 2.50. The van der Waals surface area contributed by atoms with E-state index in [9.17, 15) is 0 Å². The van der Waals surface area contributed by atoms with Gasteiger partial charge in [0.1, 0.15) is 6.10 Å². The summed E-state index contributed by atoms with van der Waals surface area (Å²) in [5.74, 6) is 2.41. The Kier molecular flexibility index (Phi) is 3.29. The van der Waals surface area contributed by atoms with Crippen molar-refractivity contribution in [1.29, 1.82) is 0 Å². The summed E-state index contributed by atoms with van der Waals surface area (Å²) >= 11 is 0. The third-order valence-electron chi connectivity index (χ3n) is 1.31. The molecule has 0 rings (SSSR count). The van der Waals surface area contributed by atoms with Crippen LogP contribution in [0.4, 0.5) is 0 Å². The van der Waals surface area contributed by atoms with E-state index in [0.29, 0.717) is 0 Å². The van der Waals surface area contributed by atoms with E-state index >= 15 is 0 Å². The molecule has 0 aliphatic rings. The number of hydrogen-bond donors (Lipinski definition) is 2. The lowest BCUT2D eigenvalue weighted by molar-refractivity contribution is 0.177. The SMILES string of the molecule is C#C[C@@H](O)[C@@H](N)C(C)C. The number of rotatable bonds is 2. The average molecular weight is 127 g/mol. The standard InChI is InChI=1S/C7H13NO/c1-4-6(9)7(8)5(2)3/h1,5-7,9H,8H2,2-3H3/t6-,7+/m1/s1. The normalized spacial score (nSPS) is 16.9. The first-order valence-electron chi connectivity index (χ1n) is 2.99. The zero-order chi connectivity index (χ0) is 7.44. The minimum absolute atomic E-state index is 0.232. The van der Waals surface area contributed by atoms with Crippen LogP contribution in [0.25, 0.3) is 0 Å². The van der Waals surface area contributed by atoms with E-state index in [0.717, 1.165) is 0 Å².